The first-order chi connectivity index (χ1) is 10.1. The molecule has 108 valence electrons. The number of aromatic amines is 2. The van der Waals surface area contributed by atoms with E-state index in [1.54, 1.807) is 29.5 Å². The van der Waals surface area contributed by atoms with Gasteiger partial charge in [-0.15, -0.1) is 11.3 Å². The second-order valence-corrected chi connectivity index (χ2v) is 7.63. The van der Waals surface area contributed by atoms with Gasteiger partial charge in [0.2, 0.25) is 0 Å². The number of hydrogen-bond donors (Lipinski definition) is 3. The van der Waals surface area contributed by atoms with Crippen LogP contribution in [0.5, 0.6) is 0 Å². The summed E-state index contributed by atoms with van der Waals surface area (Å²) in [5.41, 5.74) is 0.0107. The lowest BCUT2D eigenvalue weighted by Gasteiger charge is -2.07. The van der Waals surface area contributed by atoms with Crippen molar-refractivity contribution in [3.63, 3.8) is 0 Å². The Morgan fingerprint density at radius 2 is 1.90 bits per heavy atom. The molecule has 2 heterocycles. The molecule has 0 spiro atoms. The third kappa shape index (κ3) is 2.83. The summed E-state index contributed by atoms with van der Waals surface area (Å²) in [5.74, 6) is 0. The highest BCUT2D eigenvalue weighted by atomic mass is 79.9. The minimum Gasteiger partial charge on any atom is -0.379 e. The first-order valence-corrected chi connectivity index (χ1v) is 8.38. The van der Waals surface area contributed by atoms with Crippen LogP contribution in [0.3, 0.4) is 0 Å². The summed E-state index contributed by atoms with van der Waals surface area (Å²) in [7, 11) is 0. The number of benzene rings is 1. The highest BCUT2D eigenvalue weighted by Crippen LogP contribution is 2.32. The summed E-state index contributed by atoms with van der Waals surface area (Å²) < 4.78 is 2.02. The molecule has 3 rings (SSSR count). The van der Waals surface area contributed by atoms with Crippen LogP contribution in [0.1, 0.15) is 4.88 Å². The summed E-state index contributed by atoms with van der Waals surface area (Å²) in [6.07, 6.45) is 0. The number of H-pyrrole nitrogens is 2. The number of aromatic nitrogens is 2. The first-order valence-electron chi connectivity index (χ1n) is 5.97. The van der Waals surface area contributed by atoms with Crippen molar-refractivity contribution in [2.24, 2.45) is 0 Å². The molecule has 2 aromatic heterocycles. The zero-order valence-corrected chi connectivity index (χ0v) is 14.5. The van der Waals surface area contributed by atoms with Crippen LogP contribution in [-0.4, -0.2) is 10.2 Å². The molecule has 0 bridgehead atoms. The van der Waals surface area contributed by atoms with Crippen LogP contribution in [0.4, 0.5) is 5.69 Å². The number of hydrogen-bond acceptors (Lipinski definition) is 4. The maximum atomic E-state index is 11.9. The maximum Gasteiger partial charge on any atom is 0.272 e. The Kier molecular flexibility index (Phi) is 4.01. The van der Waals surface area contributed by atoms with Crippen LogP contribution in [-0.2, 0) is 6.54 Å². The van der Waals surface area contributed by atoms with Gasteiger partial charge in [-0.2, -0.15) is 0 Å². The highest BCUT2D eigenvalue weighted by Gasteiger charge is 2.09. The van der Waals surface area contributed by atoms with E-state index in [-0.39, 0.29) is 11.1 Å². The molecule has 3 aromatic rings. The van der Waals surface area contributed by atoms with Crippen molar-refractivity contribution in [1.82, 2.24) is 10.2 Å². The quantitative estimate of drug-likeness (QED) is 0.595. The molecular formula is C13H9Br2N3O2S. The second kappa shape index (κ2) is 5.78. The predicted octanol–water partition coefficient (Wildman–Crippen LogP) is 3.42. The van der Waals surface area contributed by atoms with Crippen LogP contribution >= 0.6 is 43.2 Å². The molecule has 0 aliphatic carbocycles. The van der Waals surface area contributed by atoms with Gasteiger partial charge in [0, 0.05) is 21.6 Å². The van der Waals surface area contributed by atoms with Gasteiger partial charge < -0.3 is 5.32 Å². The van der Waals surface area contributed by atoms with Crippen molar-refractivity contribution in [3.05, 3.63) is 58.1 Å². The van der Waals surface area contributed by atoms with Gasteiger partial charge in [-0.25, -0.2) is 0 Å². The van der Waals surface area contributed by atoms with Crippen molar-refractivity contribution in [1.29, 1.82) is 0 Å². The van der Waals surface area contributed by atoms with Gasteiger partial charge in [-0.05, 0) is 50.1 Å². The molecular weight excluding hydrogens is 422 g/mol. The standard InChI is InChI=1S/C13H9Br2N3O2S/c14-8-4-6(21-11(8)15)5-16-9-3-1-2-7-10(9)13(20)18-17-12(7)19/h1-4,16H,5H2,(H,17,19)(H,18,20). The van der Waals surface area contributed by atoms with Gasteiger partial charge in [0.1, 0.15) is 0 Å². The molecule has 0 saturated heterocycles. The zero-order chi connectivity index (χ0) is 15.0. The Labute approximate surface area is 139 Å². The number of anilines is 1. The van der Waals surface area contributed by atoms with E-state index in [1.165, 1.54) is 0 Å². The number of fused-ring (bicyclic) bond motifs is 1. The Bertz CT molecular complexity index is 910. The molecule has 5 nitrogen and oxygen atoms in total. The minimum atomic E-state index is -0.318. The van der Waals surface area contributed by atoms with Gasteiger partial charge in [0.15, 0.2) is 0 Å². The van der Waals surface area contributed by atoms with Gasteiger partial charge in [-0.3, -0.25) is 19.8 Å². The third-order valence-corrected chi connectivity index (χ3v) is 6.23. The lowest BCUT2D eigenvalue weighted by Crippen LogP contribution is -2.20. The van der Waals surface area contributed by atoms with E-state index in [9.17, 15) is 9.59 Å². The average Bonchev–Trinajstić information content (AvgIpc) is 2.79. The van der Waals surface area contributed by atoms with Crippen molar-refractivity contribution in [3.8, 4) is 0 Å². The second-order valence-electron chi connectivity index (χ2n) is 4.32. The van der Waals surface area contributed by atoms with Gasteiger partial charge >= 0.3 is 0 Å². The summed E-state index contributed by atoms with van der Waals surface area (Å²) >= 11 is 8.48. The molecule has 3 N–H and O–H groups in total. The van der Waals surface area contributed by atoms with Crippen molar-refractivity contribution < 1.29 is 0 Å². The molecule has 0 unspecified atom stereocenters. The molecule has 0 aliphatic heterocycles. The summed E-state index contributed by atoms with van der Waals surface area (Å²) in [5, 5.41) is 8.62. The SMILES string of the molecule is O=c1[nH][nH]c(=O)c2c(NCc3cc(Br)c(Br)s3)cccc12. The van der Waals surface area contributed by atoms with Gasteiger partial charge in [0.05, 0.1) is 14.6 Å². The minimum absolute atomic E-state index is 0.310. The largest absolute Gasteiger partial charge is 0.379 e. The topological polar surface area (TPSA) is 77.8 Å². The van der Waals surface area contributed by atoms with Crippen molar-refractivity contribution in [2.45, 2.75) is 6.54 Å². The third-order valence-electron chi connectivity index (χ3n) is 2.97. The van der Waals surface area contributed by atoms with E-state index in [0.29, 0.717) is 23.0 Å². The fourth-order valence-electron chi connectivity index (χ4n) is 2.04. The highest BCUT2D eigenvalue weighted by molar-refractivity contribution is 9.13. The molecule has 0 aliphatic rings. The molecule has 8 heteroatoms. The van der Waals surface area contributed by atoms with Crippen LogP contribution in [0, 0.1) is 0 Å². The number of halogens is 2. The Balaban J connectivity index is 1.99. The van der Waals surface area contributed by atoms with Gasteiger partial charge in [0.25, 0.3) is 11.1 Å². The van der Waals surface area contributed by atoms with Crippen LogP contribution in [0.25, 0.3) is 10.8 Å². The zero-order valence-electron chi connectivity index (χ0n) is 10.5. The molecule has 0 fully saturated rings. The van der Waals surface area contributed by atoms with E-state index >= 15 is 0 Å². The number of rotatable bonds is 3. The Morgan fingerprint density at radius 3 is 2.62 bits per heavy atom. The molecule has 0 amide bonds. The Morgan fingerprint density at radius 1 is 1.14 bits per heavy atom. The molecule has 1 aromatic carbocycles. The molecule has 0 saturated carbocycles. The van der Waals surface area contributed by atoms with Crippen LogP contribution in [0.15, 0.2) is 42.1 Å². The van der Waals surface area contributed by atoms with E-state index in [1.807, 2.05) is 6.07 Å². The van der Waals surface area contributed by atoms with E-state index in [2.05, 4.69) is 47.4 Å². The van der Waals surface area contributed by atoms with Crippen molar-refractivity contribution >= 4 is 59.7 Å². The Hall–Kier alpha value is -1.38. The van der Waals surface area contributed by atoms with E-state index < -0.39 is 0 Å². The first kappa shape index (κ1) is 14.6. The summed E-state index contributed by atoms with van der Waals surface area (Å²) in [6.45, 7) is 0.570. The number of thiophene rings is 1. The predicted molar refractivity (Wildman–Crippen MR) is 92.2 cm³/mol. The van der Waals surface area contributed by atoms with Crippen LogP contribution in [0.2, 0.25) is 0 Å². The van der Waals surface area contributed by atoms with Crippen molar-refractivity contribution in [2.75, 3.05) is 5.32 Å². The smallest absolute Gasteiger partial charge is 0.272 e. The average molecular weight is 431 g/mol. The van der Waals surface area contributed by atoms with E-state index in [4.69, 9.17) is 0 Å². The maximum absolute atomic E-state index is 11.9. The molecule has 21 heavy (non-hydrogen) atoms. The fraction of sp³-hybridized carbons (Fsp3) is 0.0769. The lowest BCUT2D eigenvalue weighted by atomic mass is 10.1. The molecule has 0 atom stereocenters. The lowest BCUT2D eigenvalue weighted by molar-refractivity contribution is 0.976. The fourth-order valence-corrected chi connectivity index (χ4v) is 4.15. The summed E-state index contributed by atoms with van der Waals surface area (Å²) in [6, 6.07) is 7.17. The summed E-state index contributed by atoms with van der Waals surface area (Å²) in [4.78, 5) is 24.8. The number of nitrogens with one attached hydrogen (secondary N) is 3. The van der Waals surface area contributed by atoms with Gasteiger partial charge in [-0.1, -0.05) is 6.07 Å². The molecule has 0 radical (unpaired) electrons. The normalized spacial score (nSPS) is 11.0. The van der Waals surface area contributed by atoms with E-state index in [0.717, 1.165) is 13.1 Å². The monoisotopic (exact) mass is 429 g/mol. The van der Waals surface area contributed by atoms with Crippen LogP contribution < -0.4 is 16.4 Å².